The number of carbonyl (C=O) groups is 1. The summed E-state index contributed by atoms with van der Waals surface area (Å²) in [7, 11) is 0.276. The first-order valence-electron chi connectivity index (χ1n) is 7.95. The lowest BCUT2D eigenvalue weighted by Crippen LogP contribution is -2.25. The van der Waals surface area contributed by atoms with Gasteiger partial charge in [0.25, 0.3) is 0 Å². The van der Waals surface area contributed by atoms with Gasteiger partial charge in [-0.2, -0.15) is 0 Å². The lowest BCUT2D eigenvalue weighted by atomic mass is 10.1. The highest BCUT2D eigenvalue weighted by molar-refractivity contribution is 7.96. The monoisotopic (exact) mass is 288 g/mol. The number of carboxylic acids is 1. The second kappa shape index (κ2) is 14.2. The molecule has 0 amide bonds. The van der Waals surface area contributed by atoms with Crippen LogP contribution < -0.4 is 5.11 Å². The second-order valence-corrected chi connectivity index (χ2v) is 7.87. The van der Waals surface area contributed by atoms with Gasteiger partial charge in [0.1, 0.15) is 11.5 Å². The Hall–Kier alpha value is -0.180. The van der Waals surface area contributed by atoms with Crippen LogP contribution in [-0.2, 0) is 15.7 Å². The van der Waals surface area contributed by atoms with E-state index in [1.165, 1.54) is 70.0 Å². The molecule has 2 nitrogen and oxygen atoms in total. The molecule has 0 saturated carbocycles. The minimum absolute atomic E-state index is 0.234. The largest absolute Gasteiger partial charge is 0.550 e. The van der Waals surface area contributed by atoms with E-state index in [1.54, 1.807) is 0 Å². The standard InChI is InChI=1S/C16H32O2S/c1-3-4-5-6-7-8-9-10-11-12-14-19(2)15-13-16(17)18/h3-15H2,1-2H3. The van der Waals surface area contributed by atoms with Crippen molar-refractivity contribution >= 4 is 16.9 Å². The maximum absolute atomic E-state index is 10.3. The molecule has 0 saturated heterocycles. The van der Waals surface area contributed by atoms with E-state index in [1.807, 2.05) is 0 Å². The molecule has 0 aliphatic rings. The van der Waals surface area contributed by atoms with Crippen LogP contribution in [0.25, 0.3) is 0 Å². The van der Waals surface area contributed by atoms with Crippen LogP contribution in [0.3, 0.4) is 0 Å². The lowest BCUT2D eigenvalue weighted by Gasteiger charge is -2.05. The summed E-state index contributed by atoms with van der Waals surface area (Å²) in [4.78, 5) is 10.3. The van der Waals surface area contributed by atoms with Crippen LogP contribution in [0.1, 0.15) is 77.6 Å². The number of unbranched alkanes of at least 4 members (excludes halogenated alkanes) is 9. The molecule has 0 aromatic rings. The van der Waals surface area contributed by atoms with E-state index in [0.717, 1.165) is 5.75 Å². The molecule has 0 fully saturated rings. The Morgan fingerprint density at radius 2 is 1.32 bits per heavy atom. The predicted molar refractivity (Wildman–Crippen MR) is 84.5 cm³/mol. The normalized spacial score (nSPS) is 12.5. The molecule has 0 radical (unpaired) electrons. The van der Waals surface area contributed by atoms with Crippen molar-refractivity contribution in [1.82, 2.24) is 0 Å². The van der Waals surface area contributed by atoms with Crippen LogP contribution in [0, 0.1) is 0 Å². The van der Waals surface area contributed by atoms with E-state index in [9.17, 15) is 9.90 Å². The summed E-state index contributed by atoms with van der Waals surface area (Å²) in [6.45, 7) is 2.26. The highest BCUT2D eigenvalue weighted by atomic mass is 32.2. The fraction of sp³-hybridized carbons (Fsp3) is 0.938. The summed E-state index contributed by atoms with van der Waals surface area (Å²) in [5, 5.41) is 10.3. The molecule has 19 heavy (non-hydrogen) atoms. The zero-order valence-corrected chi connectivity index (χ0v) is 13.7. The van der Waals surface area contributed by atoms with Gasteiger partial charge in [-0.05, 0) is 23.7 Å². The zero-order chi connectivity index (χ0) is 14.3. The predicted octanol–water partition coefficient (Wildman–Crippen LogP) is 3.30. The van der Waals surface area contributed by atoms with Gasteiger partial charge < -0.3 is 9.90 Å². The molecule has 114 valence electrons. The van der Waals surface area contributed by atoms with Gasteiger partial charge in [-0.25, -0.2) is 0 Å². The molecule has 0 aliphatic heterocycles. The summed E-state index contributed by atoms with van der Waals surface area (Å²) in [6, 6.07) is 0. The molecule has 0 bridgehead atoms. The van der Waals surface area contributed by atoms with E-state index in [4.69, 9.17) is 0 Å². The minimum atomic E-state index is -0.901. The third kappa shape index (κ3) is 15.8. The summed E-state index contributed by atoms with van der Waals surface area (Å²) in [5.41, 5.74) is 0. The SMILES string of the molecule is CCCCCCCCCCCC[S+](C)CCC(=O)[O-]. The maximum Gasteiger partial charge on any atom is 0.113 e. The average Bonchev–Trinajstić information content (AvgIpc) is 2.38. The third-order valence-corrected chi connectivity index (χ3v) is 5.39. The van der Waals surface area contributed by atoms with Gasteiger partial charge in [0, 0.05) is 12.4 Å². The number of carbonyl (C=O) groups excluding carboxylic acids is 1. The Bertz CT molecular complexity index is 207. The van der Waals surface area contributed by atoms with Gasteiger partial charge in [-0.15, -0.1) is 0 Å². The van der Waals surface area contributed by atoms with Crippen LogP contribution in [-0.4, -0.2) is 23.7 Å². The van der Waals surface area contributed by atoms with Crippen molar-refractivity contribution in [2.45, 2.75) is 77.6 Å². The third-order valence-electron chi connectivity index (χ3n) is 3.50. The zero-order valence-electron chi connectivity index (χ0n) is 12.9. The molecule has 1 unspecified atom stereocenters. The molecule has 0 spiro atoms. The van der Waals surface area contributed by atoms with Crippen molar-refractivity contribution in [3.8, 4) is 0 Å². The number of hydrogen-bond donors (Lipinski definition) is 0. The molecule has 0 N–H and O–H groups in total. The van der Waals surface area contributed by atoms with Crippen LogP contribution in [0.2, 0.25) is 0 Å². The van der Waals surface area contributed by atoms with Crippen LogP contribution in [0.5, 0.6) is 0 Å². The molecule has 0 aromatic heterocycles. The number of aliphatic carboxylic acids is 1. The van der Waals surface area contributed by atoms with Gasteiger partial charge in [0.05, 0.1) is 6.26 Å². The van der Waals surface area contributed by atoms with Crippen LogP contribution >= 0.6 is 0 Å². The van der Waals surface area contributed by atoms with Crippen LogP contribution in [0.15, 0.2) is 0 Å². The Labute approximate surface area is 122 Å². The van der Waals surface area contributed by atoms with Crippen molar-refractivity contribution in [1.29, 1.82) is 0 Å². The van der Waals surface area contributed by atoms with Gasteiger partial charge in [-0.1, -0.05) is 58.3 Å². The Morgan fingerprint density at radius 1 is 0.842 bits per heavy atom. The Morgan fingerprint density at radius 3 is 1.79 bits per heavy atom. The number of hydrogen-bond acceptors (Lipinski definition) is 2. The van der Waals surface area contributed by atoms with Crippen molar-refractivity contribution < 1.29 is 9.90 Å². The molecule has 1 atom stereocenters. The fourth-order valence-corrected chi connectivity index (χ4v) is 3.61. The average molecular weight is 288 g/mol. The first kappa shape index (κ1) is 18.8. The quantitative estimate of drug-likeness (QED) is 0.363. The topological polar surface area (TPSA) is 40.1 Å². The Kier molecular flexibility index (Phi) is 14.1. The molecule has 3 heteroatoms. The van der Waals surface area contributed by atoms with Gasteiger partial charge >= 0.3 is 0 Å². The van der Waals surface area contributed by atoms with E-state index >= 15 is 0 Å². The van der Waals surface area contributed by atoms with Crippen LogP contribution in [0.4, 0.5) is 0 Å². The first-order chi connectivity index (χ1) is 9.16. The summed E-state index contributed by atoms with van der Waals surface area (Å²) >= 11 is 0. The summed E-state index contributed by atoms with van der Waals surface area (Å²) in [6.07, 6.45) is 16.1. The highest BCUT2D eigenvalue weighted by Gasteiger charge is 2.09. The Balaban J connectivity index is 3.11. The van der Waals surface area contributed by atoms with Crippen molar-refractivity contribution in [2.75, 3.05) is 17.8 Å². The lowest BCUT2D eigenvalue weighted by molar-refractivity contribution is -0.305. The smallest absolute Gasteiger partial charge is 0.113 e. The molecular formula is C16H32O2S. The highest BCUT2D eigenvalue weighted by Crippen LogP contribution is 2.11. The first-order valence-corrected chi connectivity index (χ1v) is 9.93. The number of carboxylic acid groups (broad SMARTS) is 1. The molecule has 0 rings (SSSR count). The van der Waals surface area contributed by atoms with Crippen molar-refractivity contribution in [2.24, 2.45) is 0 Å². The molecular weight excluding hydrogens is 256 g/mol. The van der Waals surface area contributed by atoms with Crippen molar-refractivity contribution in [3.63, 3.8) is 0 Å². The molecule has 0 aromatic carbocycles. The molecule has 0 aliphatic carbocycles. The van der Waals surface area contributed by atoms with E-state index in [-0.39, 0.29) is 17.3 Å². The summed E-state index contributed by atoms with van der Waals surface area (Å²) < 4.78 is 0. The number of rotatable bonds is 14. The fourth-order valence-electron chi connectivity index (χ4n) is 2.20. The van der Waals surface area contributed by atoms with Gasteiger partial charge in [0.15, 0.2) is 0 Å². The minimum Gasteiger partial charge on any atom is -0.550 e. The maximum atomic E-state index is 10.3. The second-order valence-electron chi connectivity index (χ2n) is 5.49. The van der Waals surface area contributed by atoms with Crippen molar-refractivity contribution in [3.05, 3.63) is 0 Å². The molecule has 0 heterocycles. The summed E-state index contributed by atoms with van der Waals surface area (Å²) in [5.74, 6) is 1.10. The van der Waals surface area contributed by atoms with E-state index in [0.29, 0.717) is 0 Å². The van der Waals surface area contributed by atoms with E-state index < -0.39 is 5.97 Å². The van der Waals surface area contributed by atoms with Gasteiger partial charge in [-0.3, -0.25) is 0 Å². The van der Waals surface area contributed by atoms with Gasteiger partial charge in [0.2, 0.25) is 0 Å². The van der Waals surface area contributed by atoms with E-state index in [2.05, 4.69) is 13.2 Å².